The Labute approximate surface area is 140 Å². The van der Waals surface area contributed by atoms with E-state index in [0.29, 0.717) is 12.1 Å². The van der Waals surface area contributed by atoms with Crippen molar-refractivity contribution >= 4 is 17.5 Å². The van der Waals surface area contributed by atoms with E-state index in [1.165, 1.54) is 21.3 Å². The molecule has 1 aliphatic rings. The topological polar surface area (TPSA) is 54.9 Å². The number of hydrogen-bond acceptors (Lipinski definition) is 3. The molecule has 0 unspecified atom stereocenters. The first-order valence-electron chi connectivity index (χ1n) is 7.96. The maximum Gasteiger partial charge on any atom is 0.277 e. The molecule has 3 rings (SSSR count). The van der Waals surface area contributed by atoms with E-state index in [9.17, 15) is 9.59 Å². The number of benzene rings is 1. The SMILES string of the molecule is CCn1[nH]cc(C(=O)c2ccc3c(c2C)C(C)(C)CCS3)c1=O. The minimum Gasteiger partial charge on any atom is -0.302 e. The normalized spacial score (nSPS) is 16.2. The van der Waals surface area contributed by atoms with Crippen molar-refractivity contribution in [2.45, 2.75) is 51.0 Å². The van der Waals surface area contributed by atoms with Gasteiger partial charge in [-0.05, 0) is 54.7 Å². The third kappa shape index (κ3) is 2.57. The number of nitrogens with one attached hydrogen (secondary N) is 1. The molecule has 5 heteroatoms. The number of hydrogen-bond donors (Lipinski definition) is 1. The minimum atomic E-state index is -0.247. The van der Waals surface area contributed by atoms with E-state index in [1.54, 1.807) is 0 Å². The van der Waals surface area contributed by atoms with Gasteiger partial charge < -0.3 is 5.10 Å². The van der Waals surface area contributed by atoms with Crippen molar-refractivity contribution in [2.24, 2.45) is 0 Å². The highest BCUT2D eigenvalue weighted by Gasteiger charge is 2.31. The zero-order chi connectivity index (χ0) is 16.8. The van der Waals surface area contributed by atoms with Crippen LogP contribution in [-0.4, -0.2) is 21.3 Å². The van der Waals surface area contributed by atoms with Crippen LogP contribution < -0.4 is 5.56 Å². The molecule has 0 bridgehead atoms. The van der Waals surface area contributed by atoms with E-state index in [2.05, 4.69) is 18.9 Å². The van der Waals surface area contributed by atoms with Crippen LogP contribution >= 0.6 is 11.8 Å². The Hall–Kier alpha value is -1.75. The van der Waals surface area contributed by atoms with Gasteiger partial charge in [-0.25, -0.2) is 0 Å². The molecule has 122 valence electrons. The van der Waals surface area contributed by atoms with E-state index >= 15 is 0 Å². The number of H-pyrrole nitrogens is 1. The lowest BCUT2D eigenvalue weighted by atomic mass is 9.77. The maximum atomic E-state index is 12.9. The number of aromatic amines is 1. The Bertz CT molecular complexity index is 830. The molecule has 0 saturated carbocycles. The largest absolute Gasteiger partial charge is 0.302 e. The van der Waals surface area contributed by atoms with Crippen molar-refractivity contribution in [3.8, 4) is 0 Å². The number of ketones is 1. The van der Waals surface area contributed by atoms with E-state index in [-0.39, 0.29) is 22.3 Å². The van der Waals surface area contributed by atoms with Crippen LogP contribution in [-0.2, 0) is 12.0 Å². The van der Waals surface area contributed by atoms with Crippen LogP contribution in [0.5, 0.6) is 0 Å². The average molecular weight is 330 g/mol. The zero-order valence-corrected chi connectivity index (χ0v) is 14.8. The van der Waals surface area contributed by atoms with E-state index in [4.69, 9.17) is 0 Å². The molecular weight excluding hydrogens is 308 g/mol. The van der Waals surface area contributed by atoms with Gasteiger partial charge in [0.15, 0.2) is 5.78 Å². The van der Waals surface area contributed by atoms with Crippen LogP contribution in [0.3, 0.4) is 0 Å². The Morgan fingerprint density at radius 2 is 2.09 bits per heavy atom. The van der Waals surface area contributed by atoms with Gasteiger partial charge in [0.25, 0.3) is 5.56 Å². The Balaban J connectivity index is 2.12. The highest BCUT2D eigenvalue weighted by atomic mass is 32.2. The summed E-state index contributed by atoms with van der Waals surface area (Å²) in [5.41, 5.74) is 2.93. The summed E-state index contributed by atoms with van der Waals surface area (Å²) in [7, 11) is 0. The highest BCUT2D eigenvalue weighted by Crippen LogP contribution is 2.44. The molecule has 0 atom stereocenters. The molecule has 1 aromatic heterocycles. The van der Waals surface area contributed by atoms with Crippen LogP contribution in [0.15, 0.2) is 28.0 Å². The molecule has 1 aromatic carbocycles. The van der Waals surface area contributed by atoms with Gasteiger partial charge in [-0.2, -0.15) is 0 Å². The van der Waals surface area contributed by atoms with Crippen molar-refractivity contribution in [1.29, 1.82) is 0 Å². The smallest absolute Gasteiger partial charge is 0.277 e. The fraction of sp³-hybridized carbons (Fsp3) is 0.444. The molecule has 2 heterocycles. The van der Waals surface area contributed by atoms with Crippen molar-refractivity contribution < 1.29 is 4.79 Å². The maximum absolute atomic E-state index is 12.9. The summed E-state index contributed by atoms with van der Waals surface area (Å²) in [5.74, 6) is 0.913. The van der Waals surface area contributed by atoms with Crippen molar-refractivity contribution in [2.75, 3.05) is 5.75 Å². The van der Waals surface area contributed by atoms with E-state index in [1.807, 2.05) is 37.7 Å². The second kappa shape index (κ2) is 5.71. The number of aryl methyl sites for hydroxylation is 1. The number of thioether (sulfide) groups is 1. The molecular formula is C18H22N2O2S. The lowest BCUT2D eigenvalue weighted by molar-refractivity contribution is 0.103. The van der Waals surface area contributed by atoms with Gasteiger partial charge >= 0.3 is 0 Å². The van der Waals surface area contributed by atoms with Crippen LogP contribution in [0.2, 0.25) is 0 Å². The predicted molar refractivity (Wildman–Crippen MR) is 93.7 cm³/mol. The first-order chi connectivity index (χ1) is 10.9. The number of carbonyl (C=O) groups is 1. The Morgan fingerprint density at radius 1 is 1.35 bits per heavy atom. The summed E-state index contributed by atoms with van der Waals surface area (Å²) in [6, 6.07) is 3.90. The molecule has 1 aliphatic heterocycles. The number of rotatable bonds is 3. The van der Waals surface area contributed by atoms with Gasteiger partial charge in [0.1, 0.15) is 5.56 Å². The molecule has 0 fully saturated rings. The van der Waals surface area contributed by atoms with Crippen LogP contribution in [0.25, 0.3) is 0 Å². The second-order valence-corrected chi connectivity index (χ2v) is 7.80. The first kappa shape index (κ1) is 16.1. The summed E-state index contributed by atoms with van der Waals surface area (Å²) in [4.78, 5) is 26.4. The summed E-state index contributed by atoms with van der Waals surface area (Å²) >= 11 is 1.85. The third-order valence-electron chi connectivity index (χ3n) is 4.73. The minimum absolute atomic E-state index is 0.0583. The van der Waals surface area contributed by atoms with Crippen molar-refractivity contribution in [3.63, 3.8) is 0 Å². The Kier molecular flexibility index (Phi) is 4.00. The molecule has 4 nitrogen and oxygen atoms in total. The van der Waals surface area contributed by atoms with Crippen LogP contribution in [0.4, 0.5) is 0 Å². The fourth-order valence-corrected chi connectivity index (χ4v) is 4.96. The van der Waals surface area contributed by atoms with Crippen LogP contribution in [0.1, 0.15) is 54.2 Å². The van der Waals surface area contributed by atoms with Crippen molar-refractivity contribution in [3.05, 3.63) is 50.9 Å². The molecule has 0 aliphatic carbocycles. The van der Waals surface area contributed by atoms with E-state index < -0.39 is 0 Å². The standard InChI is InChI=1S/C18H22N2O2S/c1-5-20-17(22)13(10-19-20)16(21)12-6-7-14-15(11(12)2)18(3,4)8-9-23-14/h6-7,10,19H,5,8-9H2,1-4H3. The average Bonchev–Trinajstić information content (AvgIpc) is 2.87. The van der Waals surface area contributed by atoms with Gasteiger partial charge in [-0.1, -0.05) is 13.8 Å². The molecule has 23 heavy (non-hydrogen) atoms. The Morgan fingerprint density at radius 3 is 2.74 bits per heavy atom. The van der Waals surface area contributed by atoms with Gasteiger partial charge in [-0.3, -0.25) is 14.3 Å². The van der Waals surface area contributed by atoms with Crippen molar-refractivity contribution in [1.82, 2.24) is 9.78 Å². The molecule has 2 aromatic rings. The molecule has 0 saturated heterocycles. The summed E-state index contributed by atoms with van der Waals surface area (Å²) < 4.78 is 1.45. The quantitative estimate of drug-likeness (QED) is 0.876. The summed E-state index contributed by atoms with van der Waals surface area (Å²) in [6.45, 7) is 8.86. The monoisotopic (exact) mass is 330 g/mol. The molecule has 0 amide bonds. The van der Waals surface area contributed by atoms with Gasteiger partial charge in [-0.15, -0.1) is 11.8 Å². The fourth-order valence-electron chi connectivity index (χ4n) is 3.39. The van der Waals surface area contributed by atoms with Gasteiger partial charge in [0, 0.05) is 23.2 Å². The molecule has 1 N–H and O–H groups in total. The van der Waals surface area contributed by atoms with Gasteiger partial charge in [0.2, 0.25) is 0 Å². The first-order valence-corrected chi connectivity index (χ1v) is 8.95. The summed E-state index contributed by atoms with van der Waals surface area (Å²) in [6.07, 6.45) is 2.61. The summed E-state index contributed by atoms with van der Waals surface area (Å²) in [5, 5.41) is 2.85. The zero-order valence-electron chi connectivity index (χ0n) is 14.0. The highest BCUT2D eigenvalue weighted by molar-refractivity contribution is 7.99. The number of aromatic nitrogens is 2. The van der Waals surface area contributed by atoms with Crippen LogP contribution in [0, 0.1) is 6.92 Å². The number of fused-ring (bicyclic) bond motifs is 1. The van der Waals surface area contributed by atoms with Gasteiger partial charge in [0.05, 0.1) is 0 Å². The number of nitrogens with zero attached hydrogens (tertiary/aromatic N) is 1. The second-order valence-electron chi connectivity index (χ2n) is 6.66. The van der Waals surface area contributed by atoms with E-state index in [0.717, 1.165) is 17.7 Å². The molecule has 0 spiro atoms. The predicted octanol–water partition coefficient (Wildman–Crippen LogP) is 3.51. The lowest BCUT2D eigenvalue weighted by Gasteiger charge is -2.34. The molecule has 0 radical (unpaired) electrons. The third-order valence-corrected chi connectivity index (χ3v) is 5.79. The lowest BCUT2D eigenvalue weighted by Crippen LogP contribution is -2.26. The number of carbonyl (C=O) groups excluding carboxylic acids is 1.